The normalized spacial score (nSPS) is 18.4. The highest BCUT2D eigenvalue weighted by molar-refractivity contribution is 7.91. The summed E-state index contributed by atoms with van der Waals surface area (Å²) in [6.07, 6.45) is 0. The summed E-state index contributed by atoms with van der Waals surface area (Å²) in [5, 5.41) is 12.0. The maximum Gasteiger partial charge on any atom is 0.182 e. The minimum Gasteiger partial charge on any atom is -0.392 e. The Morgan fingerprint density at radius 3 is 2.93 bits per heavy atom. The van der Waals surface area contributed by atoms with Gasteiger partial charge in [0.2, 0.25) is 0 Å². The first-order valence-electron chi connectivity index (χ1n) is 4.34. The van der Waals surface area contributed by atoms with Gasteiger partial charge in [-0.1, -0.05) is 12.1 Å². The second-order valence-electron chi connectivity index (χ2n) is 3.20. The van der Waals surface area contributed by atoms with E-state index in [1.54, 1.807) is 18.2 Å². The molecule has 14 heavy (non-hydrogen) atoms. The van der Waals surface area contributed by atoms with Crippen molar-refractivity contribution in [2.45, 2.75) is 11.5 Å². The fraction of sp³-hybridized carbons (Fsp3) is 0.333. The van der Waals surface area contributed by atoms with Crippen molar-refractivity contribution in [3.05, 3.63) is 23.8 Å². The molecule has 0 fully saturated rings. The van der Waals surface area contributed by atoms with Gasteiger partial charge in [0.1, 0.15) is 0 Å². The Labute approximate surface area is 82.5 Å². The van der Waals surface area contributed by atoms with Crippen LogP contribution in [0.5, 0.6) is 0 Å². The molecule has 0 aliphatic carbocycles. The average molecular weight is 213 g/mol. The summed E-state index contributed by atoms with van der Waals surface area (Å²) in [6.45, 7) is 0.189. The van der Waals surface area contributed by atoms with Crippen LogP contribution >= 0.6 is 0 Å². The molecule has 2 N–H and O–H groups in total. The monoisotopic (exact) mass is 213 g/mol. The van der Waals surface area contributed by atoms with Crippen LogP contribution in [0.3, 0.4) is 0 Å². The van der Waals surface area contributed by atoms with Crippen LogP contribution in [-0.2, 0) is 16.4 Å². The number of fused-ring (bicyclic) bond motifs is 1. The number of aliphatic hydroxyl groups is 1. The number of hydrogen-bond donors (Lipinski definition) is 2. The van der Waals surface area contributed by atoms with Crippen molar-refractivity contribution in [2.24, 2.45) is 0 Å². The lowest BCUT2D eigenvalue weighted by atomic mass is 10.2. The Morgan fingerprint density at radius 2 is 2.21 bits per heavy atom. The fourth-order valence-electron chi connectivity index (χ4n) is 1.64. The average Bonchev–Trinajstić information content (AvgIpc) is 2.16. The highest BCUT2D eigenvalue weighted by Crippen LogP contribution is 2.29. The second kappa shape index (κ2) is 3.25. The highest BCUT2D eigenvalue weighted by atomic mass is 32.2. The Bertz CT molecular complexity index is 439. The maximum absolute atomic E-state index is 11.7. The van der Waals surface area contributed by atoms with Crippen LogP contribution in [-0.4, -0.2) is 25.8 Å². The Morgan fingerprint density at radius 1 is 1.43 bits per heavy atom. The van der Waals surface area contributed by atoms with Crippen molar-refractivity contribution in [1.29, 1.82) is 0 Å². The van der Waals surface area contributed by atoms with Gasteiger partial charge >= 0.3 is 0 Å². The summed E-state index contributed by atoms with van der Waals surface area (Å²) < 4.78 is 23.4. The standard InChI is InChI=1S/C9H11NO3S/c11-6-7-2-1-3-8-9(7)14(12,13)5-4-10-8/h1-3,10-11H,4-6H2. The van der Waals surface area contributed by atoms with Crippen LogP contribution in [0.2, 0.25) is 0 Å². The molecule has 4 nitrogen and oxygen atoms in total. The van der Waals surface area contributed by atoms with E-state index in [0.29, 0.717) is 17.8 Å². The fourth-order valence-corrected chi connectivity index (χ4v) is 3.22. The lowest BCUT2D eigenvalue weighted by Crippen LogP contribution is -2.24. The van der Waals surface area contributed by atoms with Crippen LogP contribution in [0.1, 0.15) is 5.56 Å². The van der Waals surface area contributed by atoms with Crippen molar-refractivity contribution in [3.8, 4) is 0 Å². The SMILES string of the molecule is O=S1(=O)CCNc2cccc(CO)c21. The molecule has 1 aromatic rings. The zero-order chi connectivity index (χ0) is 10.2. The molecule has 1 heterocycles. The van der Waals surface area contributed by atoms with E-state index >= 15 is 0 Å². The number of benzene rings is 1. The first-order chi connectivity index (χ1) is 6.65. The first-order valence-corrected chi connectivity index (χ1v) is 6.00. The third kappa shape index (κ3) is 1.38. The number of anilines is 1. The Hall–Kier alpha value is -1.07. The summed E-state index contributed by atoms with van der Waals surface area (Å²) in [5.41, 5.74) is 1.07. The van der Waals surface area contributed by atoms with Crippen LogP contribution in [0, 0.1) is 0 Å². The highest BCUT2D eigenvalue weighted by Gasteiger charge is 2.25. The van der Waals surface area contributed by atoms with E-state index in [1.807, 2.05) is 0 Å². The number of hydrogen-bond acceptors (Lipinski definition) is 4. The summed E-state index contributed by atoms with van der Waals surface area (Å²) >= 11 is 0. The molecule has 1 aliphatic rings. The van der Waals surface area contributed by atoms with E-state index in [0.717, 1.165) is 0 Å². The molecule has 0 saturated carbocycles. The summed E-state index contributed by atoms with van der Waals surface area (Å²) in [4.78, 5) is 0.258. The van der Waals surface area contributed by atoms with Crippen molar-refractivity contribution in [3.63, 3.8) is 0 Å². The maximum atomic E-state index is 11.7. The summed E-state index contributed by atoms with van der Waals surface area (Å²) in [6, 6.07) is 5.08. The van der Waals surface area contributed by atoms with E-state index in [2.05, 4.69) is 5.32 Å². The second-order valence-corrected chi connectivity index (χ2v) is 5.24. The molecule has 0 radical (unpaired) electrons. The molecule has 1 aliphatic heterocycles. The van der Waals surface area contributed by atoms with E-state index < -0.39 is 9.84 Å². The molecule has 0 spiro atoms. The molecule has 0 saturated heterocycles. The summed E-state index contributed by atoms with van der Waals surface area (Å²) in [5.74, 6) is 0.0943. The van der Waals surface area contributed by atoms with Gasteiger partial charge in [-0.15, -0.1) is 0 Å². The van der Waals surface area contributed by atoms with E-state index in [-0.39, 0.29) is 17.3 Å². The molecular weight excluding hydrogens is 202 g/mol. The van der Waals surface area contributed by atoms with E-state index in [1.165, 1.54) is 0 Å². The molecule has 76 valence electrons. The van der Waals surface area contributed by atoms with Crippen molar-refractivity contribution < 1.29 is 13.5 Å². The minimum atomic E-state index is -3.21. The lowest BCUT2D eigenvalue weighted by molar-refractivity contribution is 0.278. The largest absolute Gasteiger partial charge is 0.392 e. The van der Waals surface area contributed by atoms with Crippen molar-refractivity contribution in [1.82, 2.24) is 0 Å². The third-order valence-electron chi connectivity index (χ3n) is 2.26. The number of rotatable bonds is 1. The van der Waals surface area contributed by atoms with Gasteiger partial charge in [0, 0.05) is 6.54 Å². The molecule has 0 bridgehead atoms. The predicted molar refractivity (Wildman–Crippen MR) is 52.9 cm³/mol. The molecule has 0 aromatic heterocycles. The van der Waals surface area contributed by atoms with Gasteiger partial charge in [-0.2, -0.15) is 0 Å². The van der Waals surface area contributed by atoms with Crippen LogP contribution < -0.4 is 5.32 Å². The number of sulfone groups is 1. The molecule has 0 atom stereocenters. The molecule has 0 amide bonds. The van der Waals surface area contributed by atoms with Gasteiger partial charge < -0.3 is 10.4 Å². The Balaban J connectivity index is 2.71. The van der Waals surface area contributed by atoms with Gasteiger partial charge in [-0.25, -0.2) is 8.42 Å². The zero-order valence-corrected chi connectivity index (χ0v) is 8.34. The van der Waals surface area contributed by atoms with Gasteiger partial charge in [0.25, 0.3) is 0 Å². The quantitative estimate of drug-likeness (QED) is 0.707. The minimum absolute atomic E-state index is 0.0943. The van der Waals surface area contributed by atoms with Crippen LogP contribution in [0.4, 0.5) is 5.69 Å². The first kappa shape index (κ1) is 9.48. The molecule has 2 rings (SSSR count). The molecular formula is C9H11NO3S. The predicted octanol–water partition coefficient (Wildman–Crippen LogP) is 0.378. The summed E-state index contributed by atoms with van der Waals surface area (Å²) in [7, 11) is -3.21. The van der Waals surface area contributed by atoms with Gasteiger partial charge in [-0.05, 0) is 11.6 Å². The zero-order valence-electron chi connectivity index (χ0n) is 7.53. The van der Waals surface area contributed by atoms with Gasteiger partial charge in [0.05, 0.1) is 22.9 Å². The number of nitrogens with one attached hydrogen (secondary N) is 1. The topological polar surface area (TPSA) is 66.4 Å². The van der Waals surface area contributed by atoms with Crippen molar-refractivity contribution in [2.75, 3.05) is 17.6 Å². The molecule has 5 heteroatoms. The van der Waals surface area contributed by atoms with Gasteiger partial charge in [-0.3, -0.25) is 0 Å². The van der Waals surface area contributed by atoms with E-state index in [4.69, 9.17) is 5.11 Å². The smallest absolute Gasteiger partial charge is 0.182 e. The lowest BCUT2D eigenvalue weighted by Gasteiger charge is -2.20. The van der Waals surface area contributed by atoms with Gasteiger partial charge in [0.15, 0.2) is 9.84 Å². The van der Waals surface area contributed by atoms with Crippen LogP contribution in [0.25, 0.3) is 0 Å². The Kier molecular flexibility index (Phi) is 2.20. The van der Waals surface area contributed by atoms with Crippen molar-refractivity contribution >= 4 is 15.5 Å². The molecule has 0 unspecified atom stereocenters. The molecule has 1 aromatic carbocycles. The van der Waals surface area contributed by atoms with E-state index in [9.17, 15) is 8.42 Å². The third-order valence-corrected chi connectivity index (χ3v) is 4.11. The number of aliphatic hydroxyl groups excluding tert-OH is 1. The van der Waals surface area contributed by atoms with Crippen LogP contribution in [0.15, 0.2) is 23.1 Å².